The number of rotatable bonds is 21. The minimum Gasteiger partial charge on any atom is -0.382 e. The van der Waals surface area contributed by atoms with Gasteiger partial charge in [-0.2, -0.15) is 0 Å². The number of carbonyl (C=O) groups is 3. The normalized spacial score (nSPS) is 12.1. The molecule has 1 atom stereocenters. The van der Waals surface area contributed by atoms with Gasteiger partial charge in [-0.05, 0) is 39.3 Å². The number of fused-ring (bicyclic) bond motifs is 3. The number of ketones is 1. The lowest BCUT2D eigenvalue weighted by Gasteiger charge is -2.13. The SMILES string of the molecule is CCCCc1nc2c(N)nc3ccccc3c2n1CCCCNC(=O)CCOCCOCCC(=O)NCC(NC)C(C)=O. The molecule has 12 heteroatoms. The lowest BCUT2D eigenvalue weighted by atomic mass is 10.2. The van der Waals surface area contributed by atoms with Gasteiger partial charge in [0.15, 0.2) is 5.82 Å². The molecule has 0 radical (unpaired) electrons. The highest BCUT2D eigenvalue weighted by atomic mass is 16.5. The number of likely N-dealkylation sites (N-methyl/N-ethyl adjacent to an activating group) is 1. The van der Waals surface area contributed by atoms with E-state index in [2.05, 4.69) is 38.5 Å². The summed E-state index contributed by atoms with van der Waals surface area (Å²) >= 11 is 0. The molecule has 0 saturated heterocycles. The molecule has 0 spiro atoms. The number of Topliss-reactive ketones (excluding diaryl/α,β-unsaturated/α-hetero) is 1. The van der Waals surface area contributed by atoms with Gasteiger partial charge in [-0.1, -0.05) is 31.5 Å². The van der Waals surface area contributed by atoms with E-state index >= 15 is 0 Å². The predicted octanol–water partition coefficient (Wildman–Crippen LogP) is 2.51. The zero-order valence-electron chi connectivity index (χ0n) is 25.7. The van der Waals surface area contributed by atoms with Crippen LogP contribution < -0.4 is 21.7 Å². The number of aromatic nitrogens is 3. The third-order valence-corrected chi connectivity index (χ3v) is 7.24. The molecule has 0 aliphatic carbocycles. The molecule has 3 rings (SSSR count). The summed E-state index contributed by atoms with van der Waals surface area (Å²) in [4.78, 5) is 44.8. The monoisotopic (exact) mass is 597 g/mol. The summed E-state index contributed by atoms with van der Waals surface area (Å²) in [6, 6.07) is 7.63. The van der Waals surface area contributed by atoms with Gasteiger partial charge >= 0.3 is 0 Å². The number of hydrogen-bond acceptors (Lipinski definition) is 9. The second kappa shape index (κ2) is 18.1. The number of hydrogen-bond donors (Lipinski definition) is 4. The largest absolute Gasteiger partial charge is 0.382 e. The van der Waals surface area contributed by atoms with Gasteiger partial charge in [0.05, 0.1) is 43.5 Å². The van der Waals surface area contributed by atoms with Crippen LogP contribution in [0.2, 0.25) is 0 Å². The van der Waals surface area contributed by atoms with Gasteiger partial charge in [0.1, 0.15) is 17.1 Å². The Morgan fingerprint density at radius 3 is 2.33 bits per heavy atom. The fourth-order valence-electron chi connectivity index (χ4n) is 4.79. The van der Waals surface area contributed by atoms with Gasteiger partial charge < -0.3 is 35.7 Å². The van der Waals surface area contributed by atoms with E-state index in [1.165, 1.54) is 6.92 Å². The van der Waals surface area contributed by atoms with Crippen molar-refractivity contribution in [1.82, 2.24) is 30.5 Å². The molecule has 1 aromatic carbocycles. The fraction of sp³-hybridized carbons (Fsp3) is 0.581. The first-order chi connectivity index (χ1) is 20.8. The van der Waals surface area contributed by atoms with Crippen molar-refractivity contribution in [2.24, 2.45) is 0 Å². The minimum absolute atomic E-state index is 0.0288. The number of imidazole rings is 1. The maximum absolute atomic E-state index is 12.2. The molecule has 2 amide bonds. The van der Waals surface area contributed by atoms with Crippen LogP contribution in [0, 0.1) is 0 Å². The summed E-state index contributed by atoms with van der Waals surface area (Å²) in [5.74, 6) is 1.23. The highest BCUT2D eigenvalue weighted by molar-refractivity contribution is 6.06. The van der Waals surface area contributed by atoms with Crippen molar-refractivity contribution in [2.75, 3.05) is 52.3 Å². The lowest BCUT2D eigenvalue weighted by Crippen LogP contribution is -2.43. The summed E-state index contributed by atoms with van der Waals surface area (Å²) < 4.78 is 13.2. The summed E-state index contributed by atoms with van der Waals surface area (Å²) in [5.41, 5.74) is 8.95. The molecule has 0 bridgehead atoms. The number of ether oxygens (including phenoxy) is 2. The van der Waals surface area contributed by atoms with E-state index in [0.29, 0.717) is 32.2 Å². The Labute approximate surface area is 253 Å². The van der Waals surface area contributed by atoms with Crippen molar-refractivity contribution in [1.29, 1.82) is 0 Å². The van der Waals surface area contributed by atoms with Gasteiger partial charge in [-0.15, -0.1) is 0 Å². The quantitative estimate of drug-likeness (QED) is 0.135. The summed E-state index contributed by atoms with van der Waals surface area (Å²) in [6.45, 7) is 6.52. The van der Waals surface area contributed by atoms with Crippen LogP contribution in [0.4, 0.5) is 5.82 Å². The smallest absolute Gasteiger partial charge is 0.222 e. The molecular formula is C31H47N7O5. The van der Waals surface area contributed by atoms with E-state index in [1.54, 1.807) is 7.05 Å². The van der Waals surface area contributed by atoms with Crippen LogP contribution in [0.15, 0.2) is 24.3 Å². The van der Waals surface area contributed by atoms with Gasteiger partial charge in [-0.25, -0.2) is 9.97 Å². The number of nitrogens with zero attached hydrogens (tertiary/aromatic N) is 3. The molecule has 12 nitrogen and oxygen atoms in total. The summed E-state index contributed by atoms with van der Waals surface area (Å²) in [5, 5.41) is 9.58. The zero-order valence-corrected chi connectivity index (χ0v) is 25.7. The number of amides is 2. The number of carbonyl (C=O) groups excluding carboxylic acids is 3. The fourth-order valence-corrected chi connectivity index (χ4v) is 4.79. The number of pyridine rings is 1. The Morgan fingerprint density at radius 1 is 0.953 bits per heavy atom. The number of nitrogen functional groups attached to an aromatic ring is 1. The van der Waals surface area contributed by atoms with Crippen LogP contribution in [0.5, 0.6) is 0 Å². The third-order valence-electron chi connectivity index (χ3n) is 7.24. The Kier molecular flexibility index (Phi) is 14.3. The van der Waals surface area contributed by atoms with Crippen molar-refractivity contribution in [3.8, 4) is 0 Å². The first-order valence-electron chi connectivity index (χ1n) is 15.3. The van der Waals surface area contributed by atoms with Gasteiger partial charge in [0.25, 0.3) is 0 Å². The Balaban J connectivity index is 1.30. The molecule has 3 aromatic rings. The molecule has 0 fully saturated rings. The molecular weight excluding hydrogens is 550 g/mol. The van der Waals surface area contributed by atoms with Crippen molar-refractivity contribution in [3.05, 3.63) is 30.1 Å². The molecule has 0 aliphatic heterocycles. The van der Waals surface area contributed by atoms with E-state index in [0.717, 1.165) is 66.4 Å². The number of unbranched alkanes of at least 4 members (excludes halogenated alkanes) is 2. The number of nitrogens with one attached hydrogen (secondary N) is 3. The second-order valence-corrected chi connectivity index (χ2v) is 10.5. The van der Waals surface area contributed by atoms with Crippen LogP contribution in [0.3, 0.4) is 0 Å². The molecule has 0 saturated carbocycles. The van der Waals surface area contributed by atoms with E-state index in [1.807, 2.05) is 18.2 Å². The highest BCUT2D eigenvalue weighted by Crippen LogP contribution is 2.29. The van der Waals surface area contributed by atoms with Crippen molar-refractivity contribution >= 4 is 45.4 Å². The third kappa shape index (κ3) is 10.6. The Bertz CT molecular complexity index is 1340. The number of benzene rings is 1. The maximum Gasteiger partial charge on any atom is 0.222 e. The molecule has 1 unspecified atom stereocenters. The lowest BCUT2D eigenvalue weighted by molar-refractivity contribution is -0.124. The molecule has 5 N–H and O–H groups in total. The van der Waals surface area contributed by atoms with Crippen molar-refractivity contribution < 1.29 is 23.9 Å². The Hall–Kier alpha value is -3.61. The van der Waals surface area contributed by atoms with Crippen molar-refractivity contribution in [3.63, 3.8) is 0 Å². The van der Waals surface area contributed by atoms with Gasteiger partial charge in [0.2, 0.25) is 11.8 Å². The Morgan fingerprint density at radius 2 is 1.65 bits per heavy atom. The van der Waals surface area contributed by atoms with E-state index in [9.17, 15) is 14.4 Å². The van der Waals surface area contributed by atoms with E-state index < -0.39 is 0 Å². The second-order valence-electron chi connectivity index (χ2n) is 10.5. The van der Waals surface area contributed by atoms with Crippen LogP contribution in [0.25, 0.3) is 21.9 Å². The van der Waals surface area contributed by atoms with Crippen molar-refractivity contribution in [2.45, 2.75) is 71.4 Å². The van der Waals surface area contributed by atoms with Crippen LogP contribution in [-0.4, -0.2) is 84.7 Å². The molecule has 236 valence electrons. The molecule has 2 aromatic heterocycles. The molecule has 0 aliphatic rings. The van der Waals surface area contributed by atoms with Crippen LogP contribution in [0.1, 0.15) is 58.2 Å². The number of anilines is 1. The van der Waals surface area contributed by atoms with Crippen LogP contribution >= 0.6 is 0 Å². The topological polar surface area (TPSA) is 162 Å². The first kappa shape index (κ1) is 33.9. The van der Waals surface area contributed by atoms with Gasteiger partial charge in [-0.3, -0.25) is 14.4 Å². The zero-order chi connectivity index (χ0) is 31.0. The first-order valence-corrected chi connectivity index (χ1v) is 15.3. The predicted molar refractivity (Wildman–Crippen MR) is 168 cm³/mol. The molecule has 43 heavy (non-hydrogen) atoms. The molecule has 2 heterocycles. The minimum atomic E-state index is -0.388. The number of nitrogens with two attached hydrogens (primary N) is 1. The summed E-state index contributed by atoms with van der Waals surface area (Å²) in [6.07, 6.45) is 5.23. The standard InChI is InChI=1S/C31H47N7O5/c1-4-5-12-26-37-29-30(23-10-6-7-11-24(23)36-31(29)32)38(26)16-9-8-15-34-27(40)13-17-42-19-20-43-18-14-28(41)35-21-25(33-3)22(2)39/h6-7,10-11,25,33H,4-5,8-9,12-21H2,1-3H3,(H2,32,36)(H,34,40)(H,35,41). The summed E-state index contributed by atoms with van der Waals surface area (Å²) in [7, 11) is 1.68. The maximum atomic E-state index is 12.2. The number of para-hydroxylation sites is 1. The van der Waals surface area contributed by atoms with E-state index in [4.69, 9.17) is 20.2 Å². The average molecular weight is 598 g/mol. The highest BCUT2D eigenvalue weighted by Gasteiger charge is 2.17. The van der Waals surface area contributed by atoms with Crippen LogP contribution in [-0.2, 0) is 36.8 Å². The number of aryl methyl sites for hydroxylation is 2. The van der Waals surface area contributed by atoms with E-state index in [-0.39, 0.29) is 49.6 Å². The average Bonchev–Trinajstić information content (AvgIpc) is 3.36. The van der Waals surface area contributed by atoms with Gasteiger partial charge in [0, 0.05) is 44.3 Å².